The minimum absolute atomic E-state index is 0.269. The molecule has 1 aliphatic rings. The molecule has 0 unspecified atom stereocenters. The van der Waals surface area contributed by atoms with Gasteiger partial charge in [-0.25, -0.2) is 4.98 Å². The first-order valence-corrected chi connectivity index (χ1v) is 7.76. The average Bonchev–Trinajstić information content (AvgIpc) is 2.55. The lowest BCUT2D eigenvalue weighted by Gasteiger charge is -2.33. The minimum Gasteiger partial charge on any atom is -0.396 e. The molecule has 0 aliphatic carbocycles. The van der Waals surface area contributed by atoms with Crippen LogP contribution >= 0.6 is 11.6 Å². The molecule has 22 heavy (non-hydrogen) atoms. The number of nitrogens with zero attached hydrogens (tertiary/aromatic N) is 3. The monoisotopic (exact) mass is 318 g/mol. The van der Waals surface area contributed by atoms with Crippen LogP contribution < -0.4 is 10.6 Å². The van der Waals surface area contributed by atoms with Crippen molar-refractivity contribution in [2.24, 2.45) is 0 Å². The topological polar surface area (TPSA) is 64.3 Å². The number of hydrogen-bond acceptors (Lipinski definition) is 5. The summed E-state index contributed by atoms with van der Waals surface area (Å²) in [7, 11) is 0. The van der Waals surface area contributed by atoms with Gasteiger partial charge in [0.25, 0.3) is 0 Å². The number of pyridine rings is 2. The van der Waals surface area contributed by atoms with E-state index >= 15 is 0 Å². The number of piperidine rings is 1. The Bertz CT molecular complexity index is 615. The fourth-order valence-electron chi connectivity index (χ4n) is 2.64. The van der Waals surface area contributed by atoms with E-state index in [1.807, 2.05) is 18.3 Å². The van der Waals surface area contributed by atoms with Gasteiger partial charge >= 0.3 is 0 Å². The van der Waals surface area contributed by atoms with E-state index in [4.69, 9.17) is 22.1 Å². The second-order valence-corrected chi connectivity index (χ2v) is 5.86. The zero-order chi connectivity index (χ0) is 15.4. The Kier molecular flexibility index (Phi) is 4.75. The zero-order valence-corrected chi connectivity index (χ0v) is 13.0. The van der Waals surface area contributed by atoms with Crippen LogP contribution in [0.3, 0.4) is 0 Å². The number of halogens is 1. The maximum Gasteiger partial charge on any atom is 0.151 e. The van der Waals surface area contributed by atoms with Gasteiger partial charge < -0.3 is 15.4 Å². The van der Waals surface area contributed by atoms with E-state index in [0.717, 1.165) is 37.3 Å². The number of aromatic nitrogens is 2. The predicted molar refractivity (Wildman–Crippen MR) is 87.9 cm³/mol. The summed E-state index contributed by atoms with van der Waals surface area (Å²) >= 11 is 5.89. The van der Waals surface area contributed by atoms with Crippen molar-refractivity contribution >= 4 is 23.1 Å². The van der Waals surface area contributed by atoms with Crippen LogP contribution in [-0.4, -0.2) is 29.2 Å². The van der Waals surface area contributed by atoms with Gasteiger partial charge in [-0.2, -0.15) is 0 Å². The number of nitrogen functional groups attached to an aromatic ring is 1. The molecule has 0 atom stereocenters. The fraction of sp³-hybridized carbons (Fsp3) is 0.375. The molecule has 3 rings (SSSR count). The molecule has 2 N–H and O–H groups in total. The molecule has 5 nitrogen and oxygen atoms in total. The first-order chi connectivity index (χ1) is 10.7. The highest BCUT2D eigenvalue weighted by atomic mass is 35.5. The van der Waals surface area contributed by atoms with Crippen molar-refractivity contribution in [1.29, 1.82) is 0 Å². The first-order valence-electron chi connectivity index (χ1n) is 7.39. The maximum atomic E-state index is 5.99. The van der Waals surface area contributed by atoms with Crippen molar-refractivity contribution in [3.05, 3.63) is 47.4 Å². The van der Waals surface area contributed by atoms with Crippen LogP contribution in [0.2, 0.25) is 5.02 Å². The van der Waals surface area contributed by atoms with Gasteiger partial charge in [-0.1, -0.05) is 17.7 Å². The minimum atomic E-state index is 0.269. The third kappa shape index (κ3) is 3.67. The molecule has 116 valence electrons. The van der Waals surface area contributed by atoms with Crippen molar-refractivity contribution in [2.45, 2.75) is 25.6 Å². The molecule has 1 fully saturated rings. The molecule has 0 aromatic carbocycles. The Morgan fingerprint density at radius 2 is 2.14 bits per heavy atom. The van der Waals surface area contributed by atoms with E-state index in [9.17, 15) is 0 Å². The number of ether oxygens (including phenoxy) is 1. The van der Waals surface area contributed by atoms with Gasteiger partial charge in [-0.15, -0.1) is 0 Å². The second-order valence-electron chi connectivity index (χ2n) is 5.43. The Balaban J connectivity index is 1.52. The van der Waals surface area contributed by atoms with Crippen LogP contribution in [-0.2, 0) is 11.3 Å². The number of hydrogen-bond donors (Lipinski definition) is 1. The Labute approximate surface area is 135 Å². The molecule has 0 spiro atoms. The van der Waals surface area contributed by atoms with E-state index in [0.29, 0.717) is 17.3 Å². The first kappa shape index (κ1) is 15.1. The second kappa shape index (κ2) is 6.94. The molecule has 2 aromatic rings. The molecule has 0 bridgehead atoms. The normalized spacial score (nSPS) is 16.0. The molecule has 1 aliphatic heterocycles. The molecule has 3 heterocycles. The third-order valence-corrected chi connectivity index (χ3v) is 4.02. The van der Waals surface area contributed by atoms with Gasteiger partial charge in [0.2, 0.25) is 0 Å². The fourth-order valence-corrected chi connectivity index (χ4v) is 2.81. The molecule has 2 aromatic heterocycles. The van der Waals surface area contributed by atoms with Crippen LogP contribution in [0.15, 0.2) is 36.8 Å². The number of anilines is 2. The van der Waals surface area contributed by atoms with E-state index in [1.54, 1.807) is 18.5 Å². The average molecular weight is 319 g/mol. The maximum absolute atomic E-state index is 5.99. The van der Waals surface area contributed by atoms with Gasteiger partial charge in [0.1, 0.15) is 0 Å². The Hall–Kier alpha value is -1.85. The summed E-state index contributed by atoms with van der Waals surface area (Å²) in [6.07, 6.45) is 7.44. The summed E-state index contributed by atoms with van der Waals surface area (Å²) < 4.78 is 5.96. The lowest BCUT2D eigenvalue weighted by Crippen LogP contribution is -2.37. The van der Waals surface area contributed by atoms with Crippen molar-refractivity contribution in [3.63, 3.8) is 0 Å². The van der Waals surface area contributed by atoms with E-state index < -0.39 is 0 Å². The largest absolute Gasteiger partial charge is 0.396 e. The van der Waals surface area contributed by atoms with E-state index in [1.165, 1.54) is 0 Å². The van der Waals surface area contributed by atoms with Crippen LogP contribution in [0.4, 0.5) is 11.5 Å². The molecular formula is C16H19ClN4O. The SMILES string of the molecule is Nc1cc(Cl)cnc1N1CCC(OCc2cccnc2)CC1. The van der Waals surface area contributed by atoms with Gasteiger partial charge in [0.05, 0.1) is 23.4 Å². The summed E-state index contributed by atoms with van der Waals surface area (Å²) in [5, 5.41) is 0.566. The molecule has 0 radical (unpaired) electrons. The Morgan fingerprint density at radius 3 is 2.82 bits per heavy atom. The van der Waals surface area contributed by atoms with E-state index in [-0.39, 0.29) is 6.10 Å². The quantitative estimate of drug-likeness (QED) is 0.939. The standard InChI is InChI=1S/C16H19ClN4O/c17-13-8-15(18)16(20-10-13)21-6-3-14(4-7-21)22-11-12-2-1-5-19-9-12/h1-2,5,8-10,14H,3-4,6-7,11,18H2. The van der Waals surface area contributed by atoms with Gasteiger partial charge in [0.15, 0.2) is 5.82 Å². The highest BCUT2D eigenvalue weighted by molar-refractivity contribution is 6.30. The summed E-state index contributed by atoms with van der Waals surface area (Å²) in [6.45, 7) is 2.38. The van der Waals surface area contributed by atoms with Crippen molar-refractivity contribution in [1.82, 2.24) is 9.97 Å². The van der Waals surface area contributed by atoms with Gasteiger partial charge in [0, 0.05) is 31.7 Å². The molecule has 0 amide bonds. The molecule has 1 saturated heterocycles. The van der Waals surface area contributed by atoms with E-state index in [2.05, 4.69) is 14.9 Å². The lowest BCUT2D eigenvalue weighted by molar-refractivity contribution is 0.0249. The summed E-state index contributed by atoms with van der Waals surface area (Å²) in [6, 6.07) is 5.70. The summed E-state index contributed by atoms with van der Waals surface area (Å²) in [5.74, 6) is 0.815. The van der Waals surface area contributed by atoms with Gasteiger partial charge in [-0.05, 0) is 30.5 Å². The zero-order valence-electron chi connectivity index (χ0n) is 12.3. The van der Waals surface area contributed by atoms with Crippen LogP contribution in [0.25, 0.3) is 0 Å². The molecular weight excluding hydrogens is 300 g/mol. The van der Waals surface area contributed by atoms with Crippen LogP contribution in [0.1, 0.15) is 18.4 Å². The predicted octanol–water partition coefficient (Wildman–Crippen LogP) is 2.90. The third-order valence-electron chi connectivity index (χ3n) is 3.81. The van der Waals surface area contributed by atoms with Crippen LogP contribution in [0, 0.1) is 0 Å². The molecule has 6 heteroatoms. The lowest BCUT2D eigenvalue weighted by atomic mass is 10.1. The van der Waals surface area contributed by atoms with Crippen LogP contribution in [0.5, 0.6) is 0 Å². The highest BCUT2D eigenvalue weighted by Crippen LogP contribution is 2.27. The Morgan fingerprint density at radius 1 is 1.32 bits per heavy atom. The van der Waals surface area contributed by atoms with Crippen molar-refractivity contribution in [3.8, 4) is 0 Å². The van der Waals surface area contributed by atoms with Crippen molar-refractivity contribution < 1.29 is 4.74 Å². The number of nitrogens with two attached hydrogens (primary N) is 1. The van der Waals surface area contributed by atoms with Crippen molar-refractivity contribution in [2.75, 3.05) is 23.7 Å². The molecule has 0 saturated carbocycles. The highest BCUT2D eigenvalue weighted by Gasteiger charge is 2.22. The number of rotatable bonds is 4. The smallest absolute Gasteiger partial charge is 0.151 e. The van der Waals surface area contributed by atoms with Gasteiger partial charge in [-0.3, -0.25) is 4.98 Å². The summed E-state index contributed by atoms with van der Waals surface area (Å²) in [4.78, 5) is 10.6. The summed E-state index contributed by atoms with van der Waals surface area (Å²) in [5.41, 5.74) is 7.73.